The second-order valence-electron chi connectivity index (χ2n) is 4.87. The minimum atomic E-state index is 0.418. The predicted molar refractivity (Wildman–Crippen MR) is 79.7 cm³/mol. The van der Waals surface area contributed by atoms with Crippen LogP contribution in [0.4, 0.5) is 0 Å². The maximum atomic E-state index is 9.85. The first-order valence-corrected chi connectivity index (χ1v) is 7.29. The van der Waals surface area contributed by atoms with Crippen molar-refractivity contribution in [1.82, 2.24) is 0 Å². The number of aliphatic hydroxyl groups is 1. The van der Waals surface area contributed by atoms with Gasteiger partial charge in [0.15, 0.2) is 0 Å². The van der Waals surface area contributed by atoms with Gasteiger partial charge in [0.2, 0.25) is 0 Å². The van der Waals surface area contributed by atoms with Crippen molar-refractivity contribution in [3.05, 3.63) is 42.0 Å². The van der Waals surface area contributed by atoms with Crippen molar-refractivity contribution in [2.24, 2.45) is 0 Å². The van der Waals surface area contributed by atoms with Crippen LogP contribution < -0.4 is 0 Å². The van der Waals surface area contributed by atoms with Gasteiger partial charge in [-0.05, 0) is 18.9 Å². The van der Waals surface area contributed by atoms with Crippen LogP contribution in [0.1, 0.15) is 63.9 Å². The predicted octanol–water partition coefficient (Wildman–Crippen LogP) is 5.73. The monoisotopic (exact) mass is 246 g/mol. The molecule has 0 amide bonds. The number of rotatable bonds is 9. The standard InChI is InChI=1S/C17H26O/c1-2-3-4-5-6-7-8-12-15-17(18)16-13-10-9-11-14-16/h9-11,13-15,18H,2-8,12H2,1H3. The van der Waals surface area contributed by atoms with Gasteiger partial charge >= 0.3 is 0 Å². The summed E-state index contributed by atoms with van der Waals surface area (Å²) in [5.41, 5.74) is 0.917. The van der Waals surface area contributed by atoms with E-state index >= 15 is 0 Å². The third-order valence-corrected chi connectivity index (χ3v) is 3.21. The summed E-state index contributed by atoms with van der Waals surface area (Å²) in [4.78, 5) is 0. The highest BCUT2D eigenvalue weighted by atomic mass is 16.3. The van der Waals surface area contributed by atoms with Gasteiger partial charge < -0.3 is 5.11 Å². The zero-order valence-corrected chi connectivity index (χ0v) is 11.6. The van der Waals surface area contributed by atoms with Gasteiger partial charge in [-0.3, -0.25) is 0 Å². The molecule has 0 saturated heterocycles. The molecule has 1 aromatic rings. The highest BCUT2D eigenvalue weighted by Gasteiger charge is 1.96. The lowest BCUT2D eigenvalue weighted by molar-refractivity contribution is 0.507. The molecular weight excluding hydrogens is 220 g/mol. The van der Waals surface area contributed by atoms with Gasteiger partial charge in [-0.1, -0.05) is 75.8 Å². The Labute approximate surface area is 112 Å². The van der Waals surface area contributed by atoms with Gasteiger partial charge in [-0.15, -0.1) is 0 Å². The van der Waals surface area contributed by atoms with Crippen LogP contribution in [0, 0.1) is 0 Å². The minimum Gasteiger partial charge on any atom is -0.508 e. The van der Waals surface area contributed by atoms with Crippen LogP contribution in [0.5, 0.6) is 0 Å². The van der Waals surface area contributed by atoms with Gasteiger partial charge in [0.1, 0.15) is 5.76 Å². The Balaban J connectivity index is 2.10. The fourth-order valence-corrected chi connectivity index (χ4v) is 2.07. The summed E-state index contributed by atoms with van der Waals surface area (Å²) >= 11 is 0. The summed E-state index contributed by atoms with van der Waals surface area (Å²) in [5, 5.41) is 9.85. The number of hydrogen-bond donors (Lipinski definition) is 1. The second-order valence-corrected chi connectivity index (χ2v) is 4.87. The van der Waals surface area contributed by atoms with Crippen LogP contribution in [-0.4, -0.2) is 5.11 Å². The Morgan fingerprint density at radius 1 is 0.944 bits per heavy atom. The Morgan fingerprint density at radius 3 is 2.22 bits per heavy atom. The largest absolute Gasteiger partial charge is 0.508 e. The van der Waals surface area contributed by atoms with Crippen LogP contribution in [0.3, 0.4) is 0 Å². The molecule has 0 fully saturated rings. The molecule has 0 unspecified atom stereocenters. The lowest BCUT2D eigenvalue weighted by atomic mass is 10.1. The molecule has 1 aromatic carbocycles. The molecule has 18 heavy (non-hydrogen) atoms. The van der Waals surface area contributed by atoms with E-state index in [1.54, 1.807) is 0 Å². The Morgan fingerprint density at radius 2 is 1.56 bits per heavy atom. The Bertz CT molecular complexity index is 327. The number of aliphatic hydroxyl groups excluding tert-OH is 1. The average Bonchev–Trinajstić information content (AvgIpc) is 2.42. The minimum absolute atomic E-state index is 0.418. The molecule has 0 heterocycles. The van der Waals surface area contributed by atoms with Crippen LogP contribution >= 0.6 is 0 Å². The summed E-state index contributed by atoms with van der Waals surface area (Å²) in [6.45, 7) is 2.25. The fourth-order valence-electron chi connectivity index (χ4n) is 2.07. The van der Waals surface area contributed by atoms with Gasteiger partial charge in [0.25, 0.3) is 0 Å². The maximum absolute atomic E-state index is 9.85. The first-order chi connectivity index (χ1) is 8.84. The smallest absolute Gasteiger partial charge is 0.118 e. The fraction of sp³-hybridized carbons (Fsp3) is 0.529. The van der Waals surface area contributed by atoms with Gasteiger partial charge in [0.05, 0.1) is 0 Å². The third kappa shape index (κ3) is 6.48. The highest BCUT2D eigenvalue weighted by Crippen LogP contribution is 2.13. The SMILES string of the molecule is CCCCCCCCCC=C(O)c1ccccc1. The van der Waals surface area contributed by atoms with E-state index in [-0.39, 0.29) is 0 Å². The summed E-state index contributed by atoms with van der Waals surface area (Å²) in [6, 6.07) is 9.75. The first kappa shape index (κ1) is 14.8. The molecule has 0 aliphatic carbocycles. The van der Waals surface area contributed by atoms with Crippen LogP contribution in [0.15, 0.2) is 36.4 Å². The van der Waals surface area contributed by atoms with Crippen LogP contribution in [0.25, 0.3) is 5.76 Å². The molecule has 1 rings (SSSR count). The van der Waals surface area contributed by atoms with Crippen LogP contribution in [-0.2, 0) is 0 Å². The summed E-state index contributed by atoms with van der Waals surface area (Å²) in [5.74, 6) is 0.418. The first-order valence-electron chi connectivity index (χ1n) is 7.29. The zero-order valence-electron chi connectivity index (χ0n) is 11.6. The number of unbranched alkanes of at least 4 members (excludes halogenated alkanes) is 7. The molecule has 1 nitrogen and oxygen atoms in total. The number of benzene rings is 1. The normalized spacial score (nSPS) is 11.7. The molecular formula is C17H26O. The summed E-state index contributed by atoms with van der Waals surface area (Å²) in [6.07, 6.45) is 12.1. The van der Waals surface area contributed by atoms with E-state index in [1.807, 2.05) is 36.4 Å². The van der Waals surface area contributed by atoms with Gasteiger partial charge in [-0.2, -0.15) is 0 Å². The van der Waals surface area contributed by atoms with E-state index in [2.05, 4.69) is 6.92 Å². The lowest BCUT2D eigenvalue weighted by Crippen LogP contribution is -1.83. The molecule has 0 aromatic heterocycles. The van der Waals surface area contributed by atoms with Gasteiger partial charge in [0, 0.05) is 5.56 Å². The van der Waals surface area contributed by atoms with Crippen LogP contribution in [0.2, 0.25) is 0 Å². The highest BCUT2D eigenvalue weighted by molar-refractivity contribution is 5.57. The summed E-state index contributed by atoms with van der Waals surface area (Å²) in [7, 11) is 0. The van der Waals surface area contributed by atoms with Crippen molar-refractivity contribution in [2.75, 3.05) is 0 Å². The molecule has 0 aliphatic heterocycles. The molecule has 1 N–H and O–H groups in total. The van der Waals surface area contributed by atoms with E-state index in [1.165, 1.54) is 44.9 Å². The molecule has 0 radical (unpaired) electrons. The van der Waals surface area contributed by atoms with Crippen molar-refractivity contribution < 1.29 is 5.11 Å². The lowest BCUT2D eigenvalue weighted by Gasteiger charge is -2.01. The third-order valence-electron chi connectivity index (χ3n) is 3.21. The topological polar surface area (TPSA) is 20.2 Å². The van der Waals surface area contributed by atoms with Crippen molar-refractivity contribution in [3.63, 3.8) is 0 Å². The molecule has 0 spiro atoms. The van der Waals surface area contributed by atoms with E-state index in [0.717, 1.165) is 12.0 Å². The quantitative estimate of drug-likeness (QED) is 0.436. The van der Waals surface area contributed by atoms with Crippen molar-refractivity contribution in [2.45, 2.75) is 58.3 Å². The zero-order chi connectivity index (χ0) is 13.1. The number of allylic oxidation sites excluding steroid dienone is 1. The molecule has 1 heteroatoms. The average molecular weight is 246 g/mol. The number of hydrogen-bond acceptors (Lipinski definition) is 1. The van der Waals surface area contributed by atoms with Crippen molar-refractivity contribution >= 4 is 5.76 Å². The van der Waals surface area contributed by atoms with E-state index in [4.69, 9.17) is 0 Å². The van der Waals surface area contributed by atoms with Crippen molar-refractivity contribution in [1.29, 1.82) is 0 Å². The maximum Gasteiger partial charge on any atom is 0.118 e. The van der Waals surface area contributed by atoms with E-state index < -0.39 is 0 Å². The molecule has 0 aliphatic rings. The second kappa shape index (κ2) is 9.76. The molecule has 0 saturated carbocycles. The summed E-state index contributed by atoms with van der Waals surface area (Å²) < 4.78 is 0. The Kier molecular flexibility index (Phi) is 8.03. The van der Waals surface area contributed by atoms with Gasteiger partial charge in [-0.25, -0.2) is 0 Å². The molecule has 100 valence electrons. The van der Waals surface area contributed by atoms with E-state index in [9.17, 15) is 5.11 Å². The van der Waals surface area contributed by atoms with E-state index in [0.29, 0.717) is 5.76 Å². The van der Waals surface area contributed by atoms with Crippen molar-refractivity contribution in [3.8, 4) is 0 Å². The molecule has 0 bridgehead atoms. The molecule has 0 atom stereocenters. The Hall–Kier alpha value is -1.24.